The van der Waals surface area contributed by atoms with Crippen molar-refractivity contribution in [2.24, 2.45) is 0 Å². The van der Waals surface area contributed by atoms with Gasteiger partial charge in [-0.05, 0) is 0 Å². The summed E-state index contributed by atoms with van der Waals surface area (Å²) < 4.78 is 10.3. The Labute approximate surface area is 214 Å². The molecule has 3 heterocycles. The summed E-state index contributed by atoms with van der Waals surface area (Å²) in [6.07, 6.45) is 3.85. The molecule has 0 aliphatic heterocycles. The molecule has 36 heavy (non-hydrogen) atoms. The van der Waals surface area contributed by atoms with Gasteiger partial charge in [-0.2, -0.15) is 0 Å². The zero-order valence-electron chi connectivity index (χ0n) is 21.8. The molecule has 5 heteroatoms. The van der Waals surface area contributed by atoms with Crippen molar-refractivity contribution in [2.45, 2.75) is 43.5 Å². The number of benzene rings is 3. The van der Waals surface area contributed by atoms with E-state index in [-0.39, 0.29) is 5.41 Å². The summed E-state index contributed by atoms with van der Waals surface area (Å²) in [5, 5.41) is 2.28. The van der Waals surface area contributed by atoms with E-state index in [0.717, 1.165) is 50.0 Å². The van der Waals surface area contributed by atoms with E-state index in [1.807, 2.05) is 18.5 Å². The molecule has 6 aromatic rings. The topological polar surface area (TPSA) is 43.9 Å². The van der Waals surface area contributed by atoms with Gasteiger partial charge in [0.2, 0.25) is 0 Å². The predicted molar refractivity (Wildman–Crippen MR) is 153 cm³/mol. The van der Waals surface area contributed by atoms with E-state index in [0.29, 0.717) is 0 Å². The zero-order valence-corrected chi connectivity index (χ0v) is 23.9. The van der Waals surface area contributed by atoms with Crippen molar-refractivity contribution in [1.29, 1.82) is 0 Å². The molecule has 0 bridgehead atoms. The molecule has 0 aliphatic carbocycles. The second kappa shape index (κ2) is 8.07. The Hall–Kier alpha value is -3.38. The van der Waals surface area contributed by atoms with Crippen molar-refractivity contribution in [3.8, 4) is 17.1 Å². The maximum atomic E-state index is 6.62. The summed E-state index contributed by atoms with van der Waals surface area (Å²) in [5.41, 5.74) is 6.95. The van der Waals surface area contributed by atoms with Crippen LogP contribution in [-0.4, -0.2) is 27.8 Å². The van der Waals surface area contributed by atoms with Gasteiger partial charge in [0.1, 0.15) is 0 Å². The van der Waals surface area contributed by atoms with Gasteiger partial charge in [0.15, 0.2) is 0 Å². The predicted octanol–water partition coefficient (Wildman–Crippen LogP) is 7.83. The zero-order chi connectivity index (χ0) is 25.2. The molecule has 0 saturated heterocycles. The van der Waals surface area contributed by atoms with Crippen LogP contribution in [0.2, 0.25) is 17.3 Å². The van der Waals surface area contributed by atoms with Crippen LogP contribution in [0.15, 0.2) is 83.5 Å². The number of hydrogen-bond donors (Lipinski definition) is 0. The fourth-order valence-corrected chi connectivity index (χ4v) is 7.44. The van der Waals surface area contributed by atoms with Crippen molar-refractivity contribution in [1.82, 2.24) is 14.5 Å². The fraction of sp³-hybridized carbons (Fsp3) is 0.226. The van der Waals surface area contributed by atoms with Crippen molar-refractivity contribution >= 4 is 50.6 Å². The van der Waals surface area contributed by atoms with E-state index in [9.17, 15) is 0 Å². The number of fused-ring (bicyclic) bond motifs is 4. The molecule has 0 fully saturated rings. The van der Waals surface area contributed by atoms with Crippen LogP contribution in [0.4, 0.5) is 0 Å². The molecule has 0 amide bonds. The third kappa shape index (κ3) is 3.67. The third-order valence-corrected chi connectivity index (χ3v) is 11.3. The minimum absolute atomic E-state index is 0.0870. The molecular formula is C31H31GeN3O. The van der Waals surface area contributed by atoms with E-state index in [4.69, 9.17) is 9.40 Å². The average Bonchev–Trinajstić information content (AvgIpc) is 3.41. The molecule has 4 nitrogen and oxygen atoms in total. The summed E-state index contributed by atoms with van der Waals surface area (Å²) in [5.74, 6) is 8.11. The van der Waals surface area contributed by atoms with Crippen molar-refractivity contribution in [3.05, 3.63) is 84.7 Å². The first kappa shape index (κ1) is 23.0. The number of para-hydroxylation sites is 2. The Morgan fingerprint density at radius 1 is 0.833 bits per heavy atom. The normalized spacial score (nSPS) is 12.7. The Kier molecular flexibility index (Phi) is 5.17. The van der Waals surface area contributed by atoms with E-state index in [2.05, 4.69) is 108 Å². The summed E-state index contributed by atoms with van der Waals surface area (Å²) in [6, 6.07) is 23.7. The minimum atomic E-state index is -1.99. The van der Waals surface area contributed by atoms with Gasteiger partial charge in [-0.15, -0.1) is 0 Å². The maximum absolute atomic E-state index is 6.62. The molecule has 0 aliphatic rings. The first-order valence-electron chi connectivity index (χ1n) is 12.5. The molecular weight excluding hydrogens is 503 g/mol. The van der Waals surface area contributed by atoms with Gasteiger partial charge in [-0.1, -0.05) is 0 Å². The van der Waals surface area contributed by atoms with Crippen molar-refractivity contribution in [2.75, 3.05) is 0 Å². The molecule has 0 saturated carbocycles. The summed E-state index contributed by atoms with van der Waals surface area (Å²) >= 11 is -1.99. The number of furan rings is 1. The van der Waals surface area contributed by atoms with E-state index in [1.165, 1.54) is 9.96 Å². The van der Waals surface area contributed by atoms with Gasteiger partial charge >= 0.3 is 215 Å². The van der Waals surface area contributed by atoms with Crippen LogP contribution in [0.25, 0.3) is 50.0 Å². The molecule has 3 aromatic heterocycles. The Morgan fingerprint density at radius 2 is 1.61 bits per heavy atom. The van der Waals surface area contributed by atoms with Gasteiger partial charge in [0.05, 0.1) is 0 Å². The summed E-state index contributed by atoms with van der Waals surface area (Å²) in [6.45, 7) is 6.67. The van der Waals surface area contributed by atoms with Crippen molar-refractivity contribution < 1.29 is 4.42 Å². The Bertz CT molecular complexity index is 1750. The van der Waals surface area contributed by atoms with Gasteiger partial charge < -0.3 is 0 Å². The number of pyridine rings is 1. The Morgan fingerprint density at radius 3 is 2.33 bits per heavy atom. The molecule has 180 valence electrons. The molecule has 0 spiro atoms. The Balaban J connectivity index is 1.71. The molecule has 0 N–H and O–H groups in total. The number of imidazole rings is 1. The van der Waals surface area contributed by atoms with E-state index < -0.39 is 13.3 Å². The number of nitrogens with zero attached hydrogens (tertiary/aromatic N) is 3. The summed E-state index contributed by atoms with van der Waals surface area (Å²) in [7, 11) is 0. The molecule has 0 unspecified atom stereocenters. The summed E-state index contributed by atoms with van der Waals surface area (Å²) in [4.78, 5) is 9.72. The van der Waals surface area contributed by atoms with Crippen LogP contribution in [0.3, 0.4) is 0 Å². The van der Waals surface area contributed by atoms with Gasteiger partial charge in [-0.3, -0.25) is 0 Å². The molecule has 0 radical (unpaired) electrons. The average molecular weight is 534 g/mol. The van der Waals surface area contributed by atoms with E-state index >= 15 is 0 Å². The van der Waals surface area contributed by atoms with E-state index in [1.54, 1.807) is 0 Å². The molecule has 0 atom stereocenters. The van der Waals surface area contributed by atoms with Crippen LogP contribution < -0.4 is 4.40 Å². The van der Waals surface area contributed by atoms with Crippen LogP contribution in [0, 0.1) is 0 Å². The molecule has 6 rings (SSSR count). The number of hydrogen-bond acceptors (Lipinski definition) is 3. The second-order valence-electron chi connectivity index (χ2n) is 11.7. The van der Waals surface area contributed by atoms with Crippen LogP contribution in [0.1, 0.15) is 26.3 Å². The van der Waals surface area contributed by atoms with Gasteiger partial charge in [-0.25, -0.2) is 0 Å². The first-order chi connectivity index (χ1) is 17.1. The van der Waals surface area contributed by atoms with Crippen molar-refractivity contribution in [3.63, 3.8) is 0 Å². The third-order valence-electron chi connectivity index (χ3n) is 6.99. The monoisotopic (exact) mass is 535 g/mol. The van der Waals surface area contributed by atoms with Gasteiger partial charge in [0.25, 0.3) is 0 Å². The van der Waals surface area contributed by atoms with Crippen LogP contribution in [0.5, 0.6) is 0 Å². The van der Waals surface area contributed by atoms with Crippen LogP contribution in [-0.2, 0) is 5.41 Å². The SMILES string of the molecule is CC(C)(C)c1cncc2nc(-c3cccc4c3oc3c[c]([Ge]([CH3])([CH3])[CH3])ccc34)n(-c3ccccc3)c12. The van der Waals surface area contributed by atoms with Gasteiger partial charge in [0, 0.05) is 0 Å². The van der Waals surface area contributed by atoms with Crippen LogP contribution >= 0.6 is 0 Å². The fourth-order valence-electron chi connectivity index (χ4n) is 5.03. The molecule has 3 aromatic carbocycles. The number of aromatic nitrogens is 3. The second-order valence-corrected chi connectivity index (χ2v) is 22.3. The quantitative estimate of drug-likeness (QED) is 0.218. The standard InChI is InChI=1S/C31H31GeN3O/c1-31(2,3)25-18-33-19-26-28(25)35(21-11-8-7-9-12-21)30(34-26)24-14-10-13-23-22-16-15-20(32(4,5)6)17-27(22)36-29(23)24/h7-19H,1-6H3. The number of rotatable bonds is 3. The first-order valence-corrected chi connectivity index (χ1v) is 19.9.